The lowest BCUT2D eigenvalue weighted by Crippen LogP contribution is -2.14. The van der Waals surface area contributed by atoms with E-state index in [2.05, 4.69) is 6.92 Å². The largest absolute Gasteiger partial charge is 0.461 e. The zero-order chi connectivity index (χ0) is 21.2. The number of fused-ring (bicyclic) bond motifs is 1. The fourth-order valence-electron chi connectivity index (χ4n) is 3.88. The summed E-state index contributed by atoms with van der Waals surface area (Å²) in [6.07, 6.45) is 11.2. The summed E-state index contributed by atoms with van der Waals surface area (Å²) >= 11 is 6.41. The van der Waals surface area contributed by atoms with Gasteiger partial charge in [0.2, 0.25) is 0 Å². The lowest BCUT2D eigenvalue weighted by atomic mass is 10.00. The van der Waals surface area contributed by atoms with E-state index in [0.717, 1.165) is 24.8 Å². The number of rotatable bonds is 13. The van der Waals surface area contributed by atoms with Crippen molar-refractivity contribution in [2.24, 2.45) is 7.05 Å². The van der Waals surface area contributed by atoms with E-state index in [1.807, 2.05) is 12.1 Å². The molecule has 4 nitrogen and oxygen atoms in total. The molecule has 1 aromatic carbocycles. The van der Waals surface area contributed by atoms with E-state index in [1.54, 1.807) is 24.6 Å². The van der Waals surface area contributed by atoms with Crippen molar-refractivity contribution in [2.45, 2.75) is 78.1 Å². The average molecular weight is 420 g/mol. The third-order valence-electron chi connectivity index (χ3n) is 5.43. The van der Waals surface area contributed by atoms with Crippen LogP contribution in [0.3, 0.4) is 0 Å². The smallest absolute Gasteiger partial charge is 0.355 e. The molecule has 29 heavy (non-hydrogen) atoms. The Labute approximate surface area is 179 Å². The van der Waals surface area contributed by atoms with Crippen LogP contribution in [-0.4, -0.2) is 22.9 Å². The van der Waals surface area contributed by atoms with Crippen LogP contribution >= 0.6 is 11.6 Å². The molecule has 2 rings (SSSR count). The first kappa shape index (κ1) is 23.5. The molecule has 0 saturated carbocycles. The number of ether oxygens (including phenoxy) is 1. The normalized spacial score (nSPS) is 11.2. The van der Waals surface area contributed by atoms with Crippen LogP contribution in [0.2, 0.25) is 5.02 Å². The first-order valence-electron chi connectivity index (χ1n) is 11.0. The number of carbonyl (C=O) groups is 2. The Hall–Kier alpha value is -1.81. The van der Waals surface area contributed by atoms with Gasteiger partial charge in [0.15, 0.2) is 5.78 Å². The van der Waals surface area contributed by atoms with Gasteiger partial charge >= 0.3 is 5.97 Å². The van der Waals surface area contributed by atoms with Crippen molar-refractivity contribution in [3.8, 4) is 0 Å². The molecular weight excluding hydrogens is 386 g/mol. The van der Waals surface area contributed by atoms with Gasteiger partial charge in [0.25, 0.3) is 0 Å². The number of aromatic nitrogens is 1. The Morgan fingerprint density at radius 2 is 1.59 bits per heavy atom. The fraction of sp³-hybridized carbons (Fsp3) is 0.583. The van der Waals surface area contributed by atoms with Crippen molar-refractivity contribution in [1.82, 2.24) is 4.57 Å². The van der Waals surface area contributed by atoms with Crippen LogP contribution in [0.25, 0.3) is 10.9 Å². The zero-order valence-electron chi connectivity index (χ0n) is 18.1. The van der Waals surface area contributed by atoms with Gasteiger partial charge in [0, 0.05) is 18.9 Å². The molecule has 2 aromatic rings. The minimum Gasteiger partial charge on any atom is -0.461 e. The summed E-state index contributed by atoms with van der Waals surface area (Å²) in [5.41, 5.74) is 1.48. The fourth-order valence-corrected chi connectivity index (χ4v) is 4.14. The highest BCUT2D eigenvalue weighted by Gasteiger charge is 2.27. The number of benzene rings is 1. The van der Waals surface area contributed by atoms with Gasteiger partial charge in [-0.05, 0) is 25.5 Å². The van der Waals surface area contributed by atoms with Crippen molar-refractivity contribution >= 4 is 34.3 Å². The third-order valence-corrected chi connectivity index (χ3v) is 5.75. The predicted molar refractivity (Wildman–Crippen MR) is 120 cm³/mol. The molecule has 160 valence electrons. The second-order valence-corrected chi connectivity index (χ2v) is 8.05. The molecule has 1 heterocycles. The predicted octanol–water partition coefficient (Wildman–Crippen LogP) is 7.11. The van der Waals surface area contributed by atoms with Gasteiger partial charge in [-0.15, -0.1) is 0 Å². The van der Waals surface area contributed by atoms with Gasteiger partial charge in [-0.3, -0.25) is 4.79 Å². The quantitative estimate of drug-likeness (QED) is 0.197. The maximum Gasteiger partial charge on any atom is 0.355 e. The number of hydrogen-bond acceptors (Lipinski definition) is 3. The zero-order valence-corrected chi connectivity index (χ0v) is 18.8. The monoisotopic (exact) mass is 419 g/mol. The average Bonchev–Trinajstić information content (AvgIpc) is 3.01. The van der Waals surface area contributed by atoms with Gasteiger partial charge in [-0.1, -0.05) is 76.0 Å². The Balaban J connectivity index is 2.04. The summed E-state index contributed by atoms with van der Waals surface area (Å²) in [6, 6.07) is 5.46. The van der Waals surface area contributed by atoms with Gasteiger partial charge in [-0.2, -0.15) is 0 Å². The van der Waals surface area contributed by atoms with Crippen LogP contribution in [0.4, 0.5) is 0 Å². The number of esters is 1. The molecule has 0 aliphatic rings. The lowest BCUT2D eigenvalue weighted by molar-refractivity contribution is 0.0512. The number of hydrogen-bond donors (Lipinski definition) is 0. The van der Waals surface area contributed by atoms with Crippen LogP contribution in [0.1, 0.15) is 98.9 Å². The molecule has 0 amide bonds. The number of nitrogens with zero attached hydrogens (tertiary/aromatic N) is 1. The molecule has 0 atom stereocenters. The maximum absolute atomic E-state index is 13.1. The topological polar surface area (TPSA) is 48.3 Å². The molecule has 0 saturated heterocycles. The van der Waals surface area contributed by atoms with Gasteiger partial charge < -0.3 is 9.30 Å². The SMILES string of the molecule is CCCCCCCCCCCC(=O)c1c(C(=O)OCC)n(C)c2cccc(Cl)c12. The molecule has 0 aliphatic heterocycles. The minimum absolute atomic E-state index is 0.0327. The first-order valence-corrected chi connectivity index (χ1v) is 11.4. The second kappa shape index (κ2) is 12.0. The number of unbranched alkanes of at least 4 members (excludes halogenated alkanes) is 8. The number of Topliss-reactive ketones (excluding diaryl/α,β-unsaturated/α-hetero) is 1. The van der Waals surface area contributed by atoms with Crippen LogP contribution in [0, 0.1) is 0 Å². The molecule has 0 unspecified atom stereocenters. The van der Waals surface area contributed by atoms with Crippen LogP contribution in [0.5, 0.6) is 0 Å². The summed E-state index contributed by atoms with van der Waals surface area (Å²) < 4.78 is 6.94. The van der Waals surface area contributed by atoms with E-state index >= 15 is 0 Å². The number of carbonyl (C=O) groups excluding carboxylic acids is 2. The van der Waals surface area contributed by atoms with Gasteiger partial charge in [0.05, 0.1) is 22.7 Å². The van der Waals surface area contributed by atoms with Crippen molar-refractivity contribution in [3.63, 3.8) is 0 Å². The lowest BCUT2D eigenvalue weighted by Gasteiger charge is -2.07. The summed E-state index contributed by atoms with van der Waals surface area (Å²) in [7, 11) is 1.78. The van der Waals surface area contributed by atoms with E-state index in [9.17, 15) is 9.59 Å². The third kappa shape index (κ3) is 6.08. The second-order valence-electron chi connectivity index (χ2n) is 7.64. The Morgan fingerprint density at radius 3 is 2.21 bits per heavy atom. The Kier molecular flexibility index (Phi) is 9.72. The molecule has 0 bridgehead atoms. The van der Waals surface area contributed by atoms with Crippen molar-refractivity contribution in [2.75, 3.05) is 6.61 Å². The minimum atomic E-state index is -0.474. The molecule has 0 radical (unpaired) electrons. The molecule has 1 aromatic heterocycles. The highest BCUT2D eigenvalue weighted by Crippen LogP contribution is 2.33. The van der Waals surface area contributed by atoms with Crippen molar-refractivity contribution in [3.05, 3.63) is 34.5 Å². The van der Waals surface area contributed by atoms with Crippen LogP contribution in [-0.2, 0) is 11.8 Å². The summed E-state index contributed by atoms with van der Waals surface area (Å²) in [5, 5.41) is 1.14. The maximum atomic E-state index is 13.1. The van der Waals surface area contributed by atoms with E-state index in [1.165, 1.54) is 38.5 Å². The number of ketones is 1. The van der Waals surface area contributed by atoms with Crippen molar-refractivity contribution < 1.29 is 14.3 Å². The Bertz CT molecular complexity index is 825. The molecule has 0 fully saturated rings. The summed E-state index contributed by atoms with van der Waals surface area (Å²) in [5.74, 6) is -0.507. The highest BCUT2D eigenvalue weighted by molar-refractivity contribution is 6.37. The van der Waals surface area contributed by atoms with E-state index in [-0.39, 0.29) is 12.4 Å². The van der Waals surface area contributed by atoms with Gasteiger partial charge in [0.1, 0.15) is 5.69 Å². The molecule has 5 heteroatoms. The summed E-state index contributed by atoms with van der Waals surface area (Å²) in [6.45, 7) is 4.25. The molecule has 0 spiro atoms. The summed E-state index contributed by atoms with van der Waals surface area (Å²) in [4.78, 5) is 25.6. The van der Waals surface area contributed by atoms with Crippen molar-refractivity contribution in [1.29, 1.82) is 0 Å². The molecule has 0 aliphatic carbocycles. The number of halogens is 1. The van der Waals surface area contributed by atoms with E-state index in [4.69, 9.17) is 16.3 Å². The highest BCUT2D eigenvalue weighted by atomic mass is 35.5. The molecule has 0 N–H and O–H groups in total. The van der Waals surface area contributed by atoms with Crippen LogP contribution in [0.15, 0.2) is 18.2 Å². The van der Waals surface area contributed by atoms with Crippen LogP contribution < -0.4 is 0 Å². The van der Waals surface area contributed by atoms with E-state index < -0.39 is 5.97 Å². The standard InChI is InChI=1S/C24H34ClNO3/c1-4-6-7-8-9-10-11-12-13-17-20(27)22-21-18(25)15-14-16-19(21)26(3)23(22)24(28)29-5-2/h14-16H,4-13,17H2,1-3H3. The molecular formula is C24H34ClNO3. The Morgan fingerprint density at radius 1 is 0.966 bits per heavy atom. The first-order chi connectivity index (χ1) is 14.0. The van der Waals surface area contributed by atoms with Gasteiger partial charge in [-0.25, -0.2) is 4.79 Å². The van der Waals surface area contributed by atoms with E-state index in [0.29, 0.717) is 28.1 Å². The number of aryl methyl sites for hydroxylation is 1.